The van der Waals surface area contributed by atoms with E-state index in [4.69, 9.17) is 5.84 Å². The van der Waals surface area contributed by atoms with Gasteiger partial charge in [-0.05, 0) is 17.5 Å². The minimum Gasteiger partial charge on any atom is -0.366 e. The van der Waals surface area contributed by atoms with Crippen LogP contribution in [0.25, 0.3) is 0 Å². The van der Waals surface area contributed by atoms with E-state index in [1.54, 1.807) is 0 Å². The number of hydrogen-bond acceptors (Lipinski definition) is 6. The predicted octanol–water partition coefficient (Wildman–Crippen LogP) is 2.45. The molecule has 0 amide bonds. The van der Waals surface area contributed by atoms with Crippen LogP contribution in [0.2, 0.25) is 0 Å². The van der Waals surface area contributed by atoms with Gasteiger partial charge < -0.3 is 10.7 Å². The van der Waals surface area contributed by atoms with Crippen molar-refractivity contribution < 1.29 is 4.92 Å². The van der Waals surface area contributed by atoms with Crippen LogP contribution in [0.4, 0.5) is 17.3 Å². The molecule has 1 heterocycles. The zero-order valence-electron chi connectivity index (χ0n) is 11.7. The third kappa shape index (κ3) is 3.67. The summed E-state index contributed by atoms with van der Waals surface area (Å²) in [6, 6.07) is 10.7. The van der Waals surface area contributed by atoms with Crippen LogP contribution in [0.3, 0.4) is 0 Å². The molecule has 0 saturated heterocycles. The minimum atomic E-state index is -0.478. The molecule has 2 rings (SSSR count). The first kappa shape index (κ1) is 14.7. The van der Waals surface area contributed by atoms with Gasteiger partial charge >= 0.3 is 0 Å². The Balaban J connectivity index is 2.19. The van der Waals surface area contributed by atoms with Crippen molar-refractivity contribution in [3.63, 3.8) is 0 Å². The van der Waals surface area contributed by atoms with Gasteiger partial charge in [-0.3, -0.25) is 10.1 Å². The van der Waals surface area contributed by atoms with Gasteiger partial charge in [-0.2, -0.15) is 0 Å². The molecular formula is C14H17N5O2. The van der Waals surface area contributed by atoms with Crippen LogP contribution in [0.15, 0.2) is 36.4 Å². The summed E-state index contributed by atoms with van der Waals surface area (Å²) in [5.41, 5.74) is 4.63. The van der Waals surface area contributed by atoms with Gasteiger partial charge in [0.15, 0.2) is 0 Å². The molecule has 21 heavy (non-hydrogen) atoms. The fourth-order valence-corrected chi connectivity index (χ4v) is 2.05. The van der Waals surface area contributed by atoms with Crippen LogP contribution in [0.1, 0.15) is 18.1 Å². The predicted molar refractivity (Wildman–Crippen MR) is 81.8 cm³/mol. The number of hydrazine groups is 1. The summed E-state index contributed by atoms with van der Waals surface area (Å²) in [5.74, 6) is 5.93. The first-order chi connectivity index (χ1) is 10.1. The highest BCUT2D eigenvalue weighted by Crippen LogP contribution is 2.21. The van der Waals surface area contributed by atoms with Crippen molar-refractivity contribution in [2.24, 2.45) is 5.84 Å². The molecule has 7 heteroatoms. The lowest BCUT2D eigenvalue weighted by atomic mass is 10.1. The number of nitrogens with zero attached hydrogens (tertiary/aromatic N) is 2. The number of aromatic nitrogens is 1. The summed E-state index contributed by atoms with van der Waals surface area (Å²) in [7, 11) is 0. The minimum absolute atomic E-state index is 0.0655. The number of hydrogen-bond donors (Lipinski definition) is 3. The second-order valence-corrected chi connectivity index (χ2v) is 4.47. The molecule has 0 spiro atoms. The Morgan fingerprint density at radius 1 is 1.24 bits per heavy atom. The van der Waals surface area contributed by atoms with E-state index in [9.17, 15) is 10.1 Å². The molecule has 0 bridgehead atoms. The summed E-state index contributed by atoms with van der Waals surface area (Å²) in [4.78, 5) is 14.6. The number of aryl methyl sites for hydroxylation is 1. The van der Waals surface area contributed by atoms with E-state index >= 15 is 0 Å². The summed E-state index contributed by atoms with van der Waals surface area (Å²) < 4.78 is 0. The maximum absolute atomic E-state index is 10.9. The van der Waals surface area contributed by atoms with Gasteiger partial charge in [-0.15, -0.1) is 0 Å². The molecule has 1 aromatic heterocycles. The number of pyridine rings is 1. The fraction of sp³-hybridized carbons (Fsp3) is 0.214. The number of nitro groups is 1. The second-order valence-electron chi connectivity index (χ2n) is 4.47. The molecular weight excluding hydrogens is 270 g/mol. The maximum Gasteiger partial charge on any atom is 0.276 e. The monoisotopic (exact) mass is 287 g/mol. The molecule has 0 fully saturated rings. The second kappa shape index (κ2) is 6.67. The van der Waals surface area contributed by atoms with E-state index in [0.717, 1.165) is 12.0 Å². The number of nitrogen functional groups attached to an aromatic ring is 1. The summed E-state index contributed by atoms with van der Waals surface area (Å²) in [5, 5.41) is 14.0. The van der Waals surface area contributed by atoms with Gasteiger partial charge in [0, 0.05) is 6.54 Å². The Labute approximate surface area is 122 Å². The summed E-state index contributed by atoms with van der Waals surface area (Å²) >= 11 is 0. The van der Waals surface area contributed by atoms with Crippen molar-refractivity contribution in [2.45, 2.75) is 19.9 Å². The smallest absolute Gasteiger partial charge is 0.276 e. The number of nitrogens with one attached hydrogen (secondary N) is 2. The van der Waals surface area contributed by atoms with Crippen LogP contribution >= 0.6 is 0 Å². The Morgan fingerprint density at radius 3 is 2.52 bits per heavy atom. The molecule has 0 radical (unpaired) electrons. The molecule has 0 aliphatic carbocycles. The van der Waals surface area contributed by atoms with Gasteiger partial charge in [-0.25, -0.2) is 10.8 Å². The Morgan fingerprint density at radius 2 is 1.90 bits per heavy atom. The van der Waals surface area contributed by atoms with Crippen LogP contribution in [0, 0.1) is 10.1 Å². The zero-order chi connectivity index (χ0) is 15.2. The Kier molecular flexibility index (Phi) is 4.68. The van der Waals surface area contributed by atoms with E-state index in [-0.39, 0.29) is 11.5 Å². The summed E-state index contributed by atoms with van der Waals surface area (Å²) in [6.07, 6.45) is 0.926. The maximum atomic E-state index is 10.9. The number of rotatable bonds is 6. The number of benzene rings is 1. The van der Waals surface area contributed by atoms with Crippen LogP contribution < -0.4 is 16.6 Å². The molecule has 110 valence electrons. The lowest BCUT2D eigenvalue weighted by molar-refractivity contribution is -0.384. The Hall–Kier alpha value is -2.67. The van der Waals surface area contributed by atoms with Crippen molar-refractivity contribution in [1.29, 1.82) is 0 Å². The fourth-order valence-electron chi connectivity index (χ4n) is 2.05. The number of anilines is 2. The molecule has 0 saturated carbocycles. The zero-order valence-corrected chi connectivity index (χ0v) is 11.7. The van der Waals surface area contributed by atoms with Crippen molar-refractivity contribution in [3.8, 4) is 0 Å². The van der Waals surface area contributed by atoms with E-state index < -0.39 is 4.92 Å². The van der Waals surface area contributed by atoms with E-state index in [1.807, 2.05) is 18.2 Å². The standard InChI is InChI=1S/C14H17N5O2/c1-2-10-5-3-4-6-11(10)9-16-13-7-12(19(20)21)8-14(17-13)18-15/h3-8H,2,9,15H2,1H3,(H2,16,17,18). The lowest BCUT2D eigenvalue weighted by Gasteiger charge is -2.10. The highest BCUT2D eigenvalue weighted by Gasteiger charge is 2.11. The van der Waals surface area contributed by atoms with Crippen molar-refractivity contribution in [3.05, 3.63) is 57.6 Å². The number of nitrogens with two attached hydrogens (primary N) is 1. The molecule has 0 aliphatic heterocycles. The highest BCUT2D eigenvalue weighted by atomic mass is 16.6. The highest BCUT2D eigenvalue weighted by molar-refractivity contribution is 5.54. The van der Waals surface area contributed by atoms with Gasteiger partial charge in [-0.1, -0.05) is 31.2 Å². The van der Waals surface area contributed by atoms with Crippen LogP contribution in [-0.2, 0) is 13.0 Å². The van der Waals surface area contributed by atoms with E-state index in [2.05, 4.69) is 28.7 Å². The quantitative estimate of drug-likeness (QED) is 0.428. The molecule has 0 aliphatic rings. The third-order valence-corrected chi connectivity index (χ3v) is 3.13. The first-order valence-electron chi connectivity index (χ1n) is 6.57. The van der Waals surface area contributed by atoms with Crippen molar-refractivity contribution >= 4 is 17.3 Å². The van der Waals surface area contributed by atoms with Crippen LogP contribution in [-0.4, -0.2) is 9.91 Å². The van der Waals surface area contributed by atoms with E-state index in [0.29, 0.717) is 12.4 Å². The molecule has 2 aromatic rings. The van der Waals surface area contributed by atoms with E-state index in [1.165, 1.54) is 17.7 Å². The molecule has 0 atom stereocenters. The van der Waals surface area contributed by atoms with Crippen molar-refractivity contribution in [1.82, 2.24) is 4.98 Å². The van der Waals surface area contributed by atoms with Gasteiger partial charge in [0.25, 0.3) is 5.69 Å². The van der Waals surface area contributed by atoms with Gasteiger partial charge in [0.05, 0.1) is 17.1 Å². The normalized spacial score (nSPS) is 10.2. The average Bonchev–Trinajstić information content (AvgIpc) is 2.52. The van der Waals surface area contributed by atoms with Crippen LogP contribution in [0.5, 0.6) is 0 Å². The molecule has 7 nitrogen and oxygen atoms in total. The molecule has 4 N–H and O–H groups in total. The van der Waals surface area contributed by atoms with Gasteiger partial charge in [0.2, 0.25) is 0 Å². The molecule has 1 aromatic carbocycles. The molecule has 0 unspecified atom stereocenters. The SMILES string of the molecule is CCc1ccccc1CNc1cc([N+](=O)[O-])cc(NN)n1. The van der Waals surface area contributed by atoms with Crippen molar-refractivity contribution in [2.75, 3.05) is 10.7 Å². The Bertz CT molecular complexity index is 645. The third-order valence-electron chi connectivity index (χ3n) is 3.13. The lowest BCUT2D eigenvalue weighted by Crippen LogP contribution is -2.11. The average molecular weight is 287 g/mol. The largest absolute Gasteiger partial charge is 0.366 e. The first-order valence-corrected chi connectivity index (χ1v) is 6.57. The topological polar surface area (TPSA) is 106 Å². The summed E-state index contributed by atoms with van der Waals surface area (Å²) in [6.45, 7) is 2.63. The van der Waals surface area contributed by atoms with Gasteiger partial charge in [0.1, 0.15) is 11.6 Å².